The van der Waals surface area contributed by atoms with Crippen LogP contribution >= 0.6 is 0 Å². The smallest absolute Gasteiger partial charge is 0.0608 e. The van der Waals surface area contributed by atoms with Crippen LogP contribution in [0.4, 0.5) is 0 Å². The van der Waals surface area contributed by atoms with E-state index in [0.29, 0.717) is 6.04 Å². The van der Waals surface area contributed by atoms with Gasteiger partial charge < -0.3 is 4.74 Å². The molecule has 0 aromatic rings. The van der Waals surface area contributed by atoms with Crippen molar-refractivity contribution >= 4 is 0 Å². The van der Waals surface area contributed by atoms with E-state index in [-0.39, 0.29) is 0 Å². The zero-order valence-corrected chi connectivity index (χ0v) is 9.59. The molecule has 0 amide bonds. The summed E-state index contributed by atoms with van der Waals surface area (Å²) in [5.74, 6) is 0. The zero-order chi connectivity index (χ0) is 10.2. The van der Waals surface area contributed by atoms with E-state index in [9.17, 15) is 0 Å². The molecule has 0 aromatic heterocycles. The Hall–Kier alpha value is -0.120. The molecule has 1 rings (SSSR count). The molecule has 0 radical (unpaired) electrons. The van der Waals surface area contributed by atoms with E-state index in [4.69, 9.17) is 4.74 Å². The zero-order valence-electron chi connectivity index (χ0n) is 9.59. The van der Waals surface area contributed by atoms with Crippen LogP contribution in [0.2, 0.25) is 0 Å². The third-order valence-corrected chi connectivity index (χ3v) is 2.65. The van der Waals surface area contributed by atoms with Crippen molar-refractivity contribution in [2.45, 2.75) is 45.6 Å². The van der Waals surface area contributed by atoms with Crippen LogP contribution in [0.25, 0.3) is 0 Å². The van der Waals surface area contributed by atoms with Crippen LogP contribution in [-0.2, 0) is 4.74 Å². The third kappa shape index (κ3) is 4.94. The van der Waals surface area contributed by atoms with Crippen LogP contribution in [-0.4, -0.2) is 37.4 Å². The Balaban J connectivity index is 2.03. The van der Waals surface area contributed by atoms with Crippen molar-refractivity contribution < 1.29 is 4.74 Å². The van der Waals surface area contributed by atoms with Gasteiger partial charge >= 0.3 is 0 Å². The third-order valence-electron chi connectivity index (χ3n) is 2.65. The van der Waals surface area contributed by atoms with Gasteiger partial charge in [-0.3, -0.25) is 5.43 Å². The van der Waals surface area contributed by atoms with Gasteiger partial charge in [0.05, 0.1) is 13.2 Å². The summed E-state index contributed by atoms with van der Waals surface area (Å²) < 4.78 is 5.30. The molecule has 84 valence electrons. The van der Waals surface area contributed by atoms with E-state index in [0.717, 1.165) is 26.3 Å². The maximum atomic E-state index is 5.30. The van der Waals surface area contributed by atoms with Gasteiger partial charge in [-0.05, 0) is 13.3 Å². The summed E-state index contributed by atoms with van der Waals surface area (Å²) in [7, 11) is 0. The summed E-state index contributed by atoms with van der Waals surface area (Å²) in [5, 5.41) is 2.29. The molecule has 1 heterocycles. The lowest BCUT2D eigenvalue weighted by molar-refractivity contribution is 0.00425. The highest BCUT2D eigenvalue weighted by atomic mass is 16.5. The standard InChI is InChI=1S/C11H24N2O/c1-3-4-5-6-11(2)12-13-7-9-14-10-8-13/h11-12H,3-10H2,1-2H3. The van der Waals surface area contributed by atoms with Crippen molar-refractivity contribution in [2.24, 2.45) is 0 Å². The van der Waals surface area contributed by atoms with Gasteiger partial charge in [0.25, 0.3) is 0 Å². The number of hydrogen-bond donors (Lipinski definition) is 1. The van der Waals surface area contributed by atoms with Crippen LogP contribution < -0.4 is 5.43 Å². The Morgan fingerprint density at radius 3 is 2.64 bits per heavy atom. The van der Waals surface area contributed by atoms with Gasteiger partial charge in [0.2, 0.25) is 0 Å². The van der Waals surface area contributed by atoms with Crippen LogP contribution in [0, 0.1) is 0 Å². The number of nitrogens with one attached hydrogen (secondary N) is 1. The fourth-order valence-corrected chi connectivity index (χ4v) is 1.77. The molecular formula is C11H24N2O. The van der Waals surface area contributed by atoms with Gasteiger partial charge in [-0.1, -0.05) is 26.2 Å². The highest BCUT2D eigenvalue weighted by molar-refractivity contribution is 4.63. The van der Waals surface area contributed by atoms with E-state index in [2.05, 4.69) is 24.3 Å². The SMILES string of the molecule is CCCCCC(C)NN1CCOCC1. The highest BCUT2D eigenvalue weighted by Gasteiger charge is 2.11. The number of ether oxygens (including phenoxy) is 1. The van der Waals surface area contributed by atoms with Crippen LogP contribution in [0.3, 0.4) is 0 Å². The Morgan fingerprint density at radius 1 is 1.29 bits per heavy atom. The molecule has 0 saturated carbocycles. The maximum absolute atomic E-state index is 5.30. The average Bonchev–Trinajstić information content (AvgIpc) is 2.20. The van der Waals surface area contributed by atoms with Gasteiger partial charge in [0.15, 0.2) is 0 Å². The molecule has 3 nitrogen and oxygen atoms in total. The number of morpholine rings is 1. The van der Waals surface area contributed by atoms with E-state index in [1.165, 1.54) is 25.7 Å². The second-order valence-electron chi connectivity index (χ2n) is 4.13. The molecule has 1 N–H and O–H groups in total. The Morgan fingerprint density at radius 2 is 2.00 bits per heavy atom. The summed E-state index contributed by atoms with van der Waals surface area (Å²) in [6, 6.07) is 0.611. The Kier molecular flexibility index (Phi) is 6.15. The molecule has 1 atom stereocenters. The van der Waals surface area contributed by atoms with Crippen LogP contribution in [0.15, 0.2) is 0 Å². The van der Waals surface area contributed by atoms with Gasteiger partial charge in [-0.25, -0.2) is 5.01 Å². The maximum Gasteiger partial charge on any atom is 0.0608 e. The topological polar surface area (TPSA) is 24.5 Å². The van der Waals surface area contributed by atoms with Gasteiger partial charge in [0.1, 0.15) is 0 Å². The summed E-state index contributed by atoms with van der Waals surface area (Å²) >= 11 is 0. The van der Waals surface area contributed by atoms with Gasteiger partial charge in [-0.2, -0.15) is 0 Å². The molecule has 1 unspecified atom stereocenters. The van der Waals surface area contributed by atoms with Crippen LogP contribution in [0.1, 0.15) is 39.5 Å². The summed E-state index contributed by atoms with van der Waals surface area (Å²) in [6.07, 6.45) is 5.29. The van der Waals surface area contributed by atoms with Crippen LogP contribution in [0.5, 0.6) is 0 Å². The van der Waals surface area contributed by atoms with E-state index in [1.807, 2.05) is 0 Å². The molecule has 1 saturated heterocycles. The lowest BCUT2D eigenvalue weighted by atomic mass is 10.1. The Labute approximate surface area is 87.8 Å². The monoisotopic (exact) mass is 200 g/mol. The van der Waals surface area contributed by atoms with Crippen molar-refractivity contribution in [1.82, 2.24) is 10.4 Å². The second kappa shape index (κ2) is 7.21. The molecular weight excluding hydrogens is 176 g/mol. The first-order valence-corrected chi connectivity index (χ1v) is 5.91. The van der Waals surface area contributed by atoms with E-state index < -0.39 is 0 Å². The number of rotatable bonds is 6. The molecule has 0 aliphatic carbocycles. The predicted molar refractivity (Wildman–Crippen MR) is 59.1 cm³/mol. The highest BCUT2D eigenvalue weighted by Crippen LogP contribution is 2.04. The minimum absolute atomic E-state index is 0.611. The summed E-state index contributed by atoms with van der Waals surface area (Å²) in [6.45, 7) is 8.31. The van der Waals surface area contributed by atoms with Crippen molar-refractivity contribution in [3.05, 3.63) is 0 Å². The summed E-state index contributed by atoms with van der Waals surface area (Å²) in [4.78, 5) is 0. The molecule has 0 spiro atoms. The Bertz CT molecular complexity index is 135. The minimum Gasteiger partial charge on any atom is -0.379 e. The quantitative estimate of drug-likeness (QED) is 0.662. The minimum atomic E-state index is 0.611. The predicted octanol–water partition coefficient (Wildman–Crippen LogP) is 1.79. The first-order valence-electron chi connectivity index (χ1n) is 5.91. The van der Waals surface area contributed by atoms with Crippen molar-refractivity contribution in [2.75, 3.05) is 26.3 Å². The second-order valence-corrected chi connectivity index (χ2v) is 4.13. The molecule has 1 aliphatic rings. The van der Waals surface area contributed by atoms with Crippen molar-refractivity contribution in [3.63, 3.8) is 0 Å². The van der Waals surface area contributed by atoms with E-state index in [1.54, 1.807) is 0 Å². The first-order chi connectivity index (χ1) is 6.83. The fraction of sp³-hybridized carbons (Fsp3) is 1.00. The molecule has 3 heteroatoms. The van der Waals surface area contributed by atoms with Gasteiger partial charge in [0, 0.05) is 19.1 Å². The lowest BCUT2D eigenvalue weighted by Crippen LogP contribution is -2.49. The molecule has 0 aromatic carbocycles. The number of unbranched alkanes of at least 4 members (excludes halogenated alkanes) is 2. The summed E-state index contributed by atoms with van der Waals surface area (Å²) in [5.41, 5.74) is 3.53. The number of hydrogen-bond acceptors (Lipinski definition) is 3. The number of hydrazine groups is 1. The van der Waals surface area contributed by atoms with Crippen molar-refractivity contribution in [1.29, 1.82) is 0 Å². The molecule has 14 heavy (non-hydrogen) atoms. The van der Waals surface area contributed by atoms with E-state index >= 15 is 0 Å². The molecule has 1 aliphatic heterocycles. The number of nitrogens with zero attached hydrogens (tertiary/aromatic N) is 1. The van der Waals surface area contributed by atoms with Crippen molar-refractivity contribution in [3.8, 4) is 0 Å². The average molecular weight is 200 g/mol. The molecule has 0 bridgehead atoms. The van der Waals surface area contributed by atoms with Gasteiger partial charge in [-0.15, -0.1) is 0 Å². The largest absolute Gasteiger partial charge is 0.379 e. The fourth-order valence-electron chi connectivity index (χ4n) is 1.77. The normalized spacial score (nSPS) is 21.0. The molecule has 1 fully saturated rings. The first kappa shape index (κ1) is 12.0. The lowest BCUT2D eigenvalue weighted by Gasteiger charge is -2.30.